The zero-order chi connectivity index (χ0) is 25.9. The number of para-hydroxylation sites is 1. The van der Waals surface area contributed by atoms with Gasteiger partial charge in [-0.25, -0.2) is 4.68 Å². The van der Waals surface area contributed by atoms with Crippen LogP contribution in [0.1, 0.15) is 33.4 Å². The van der Waals surface area contributed by atoms with Gasteiger partial charge in [0.15, 0.2) is 5.69 Å². The number of nitrogens with one attached hydrogen (secondary N) is 1. The van der Waals surface area contributed by atoms with Crippen LogP contribution in [-0.2, 0) is 6.18 Å². The fourth-order valence-electron chi connectivity index (χ4n) is 4.28. The number of rotatable bonds is 6. The van der Waals surface area contributed by atoms with E-state index in [-0.39, 0.29) is 11.4 Å². The van der Waals surface area contributed by atoms with E-state index in [0.717, 1.165) is 48.6 Å². The number of hydrogen-bond acceptors (Lipinski definition) is 5. The number of amides is 1. The van der Waals surface area contributed by atoms with Crippen LogP contribution < -0.4 is 10.7 Å². The lowest BCUT2D eigenvalue weighted by Gasteiger charge is -2.35. The van der Waals surface area contributed by atoms with Gasteiger partial charge in [0.1, 0.15) is 0 Å². The molecule has 0 radical (unpaired) electrons. The first-order valence-corrected chi connectivity index (χ1v) is 11.7. The number of piperazine rings is 1. The van der Waals surface area contributed by atoms with E-state index < -0.39 is 34.8 Å². The molecule has 36 heavy (non-hydrogen) atoms. The molecule has 1 unspecified atom stereocenters. The lowest BCUT2D eigenvalue weighted by Crippen LogP contribution is -2.48. The number of aromatic nitrogens is 2. The molecular formula is C26H28F3N5O2. The molecule has 0 spiro atoms. The monoisotopic (exact) mass is 499 g/mol. The van der Waals surface area contributed by atoms with Crippen molar-refractivity contribution in [1.82, 2.24) is 24.9 Å². The van der Waals surface area contributed by atoms with Crippen molar-refractivity contribution in [3.8, 4) is 5.69 Å². The minimum Gasteiger partial charge on any atom is -0.342 e. The minimum absolute atomic E-state index is 0.185. The molecule has 1 N–H and O–H groups in total. The standard InChI is InChI=1S/C26H28F3N5O2/c1-18-16-23(35)24(31-34(18)22-11-7-6-10-20(22)26(27,28)29)25(36)30-21(19-8-4-3-5-9-19)17-33-14-12-32(2)13-15-33/h3-11,16,21H,12-15,17H2,1-2H3,(H,30,36). The molecular weight excluding hydrogens is 471 g/mol. The topological polar surface area (TPSA) is 70.5 Å². The first-order valence-electron chi connectivity index (χ1n) is 11.7. The van der Waals surface area contributed by atoms with Crippen LogP contribution in [-0.4, -0.2) is 65.3 Å². The smallest absolute Gasteiger partial charge is 0.342 e. The van der Waals surface area contributed by atoms with Crippen LogP contribution >= 0.6 is 0 Å². The van der Waals surface area contributed by atoms with Crippen LogP contribution in [0.3, 0.4) is 0 Å². The Labute approximate surface area is 207 Å². The third-order valence-corrected chi connectivity index (χ3v) is 6.30. The molecule has 1 aromatic heterocycles. The molecule has 1 atom stereocenters. The number of carbonyl (C=O) groups excluding carboxylic acids is 1. The maximum absolute atomic E-state index is 13.6. The van der Waals surface area contributed by atoms with E-state index in [4.69, 9.17) is 0 Å². The van der Waals surface area contributed by atoms with Crippen LogP contribution in [0.25, 0.3) is 5.69 Å². The molecule has 0 aliphatic carbocycles. The number of carbonyl (C=O) groups is 1. The Morgan fingerprint density at radius 2 is 1.67 bits per heavy atom. The molecule has 4 rings (SSSR count). The number of alkyl halides is 3. The predicted octanol–water partition coefficient (Wildman–Crippen LogP) is 3.28. The summed E-state index contributed by atoms with van der Waals surface area (Å²) in [5.41, 5.74) is -1.24. The highest BCUT2D eigenvalue weighted by Crippen LogP contribution is 2.33. The SMILES string of the molecule is Cc1cc(=O)c(C(=O)NC(CN2CCN(C)CC2)c2ccccc2)nn1-c1ccccc1C(F)(F)F. The van der Waals surface area contributed by atoms with E-state index in [1.807, 2.05) is 30.3 Å². The van der Waals surface area contributed by atoms with Gasteiger partial charge in [-0.1, -0.05) is 42.5 Å². The summed E-state index contributed by atoms with van der Waals surface area (Å²) in [4.78, 5) is 30.5. The van der Waals surface area contributed by atoms with Crippen molar-refractivity contribution < 1.29 is 18.0 Å². The van der Waals surface area contributed by atoms with Crippen molar-refractivity contribution in [2.24, 2.45) is 0 Å². The number of halogens is 3. The molecule has 10 heteroatoms. The summed E-state index contributed by atoms with van der Waals surface area (Å²) in [5.74, 6) is -0.735. The second kappa shape index (κ2) is 10.6. The first kappa shape index (κ1) is 25.6. The summed E-state index contributed by atoms with van der Waals surface area (Å²) in [7, 11) is 2.05. The molecule has 1 aliphatic rings. The molecule has 1 saturated heterocycles. The number of hydrogen-bond donors (Lipinski definition) is 1. The quantitative estimate of drug-likeness (QED) is 0.564. The Kier molecular flexibility index (Phi) is 7.56. The van der Waals surface area contributed by atoms with Crippen molar-refractivity contribution in [2.75, 3.05) is 39.8 Å². The van der Waals surface area contributed by atoms with Gasteiger partial charge in [-0.2, -0.15) is 18.3 Å². The fourth-order valence-corrected chi connectivity index (χ4v) is 4.28. The van der Waals surface area contributed by atoms with Gasteiger partial charge in [-0.15, -0.1) is 0 Å². The van der Waals surface area contributed by atoms with Crippen LogP contribution in [0.2, 0.25) is 0 Å². The van der Waals surface area contributed by atoms with Gasteiger partial charge in [-0.05, 0) is 31.7 Å². The van der Waals surface area contributed by atoms with Gasteiger partial charge < -0.3 is 10.2 Å². The number of aryl methyl sites for hydroxylation is 1. The van der Waals surface area contributed by atoms with Crippen molar-refractivity contribution in [3.05, 3.63) is 93.4 Å². The summed E-state index contributed by atoms with van der Waals surface area (Å²) >= 11 is 0. The molecule has 2 aromatic carbocycles. The third kappa shape index (κ3) is 5.83. The molecule has 190 valence electrons. The molecule has 1 fully saturated rings. The van der Waals surface area contributed by atoms with Gasteiger partial charge in [0.2, 0.25) is 5.43 Å². The Bertz CT molecular complexity index is 1270. The van der Waals surface area contributed by atoms with E-state index >= 15 is 0 Å². The summed E-state index contributed by atoms with van der Waals surface area (Å²) in [6, 6.07) is 15.0. The minimum atomic E-state index is -4.63. The van der Waals surface area contributed by atoms with Crippen molar-refractivity contribution in [1.29, 1.82) is 0 Å². The number of benzene rings is 2. The van der Waals surface area contributed by atoms with E-state index in [2.05, 4.69) is 27.3 Å². The van der Waals surface area contributed by atoms with Crippen molar-refractivity contribution >= 4 is 5.91 Å². The lowest BCUT2D eigenvalue weighted by atomic mass is 10.1. The zero-order valence-corrected chi connectivity index (χ0v) is 20.1. The molecule has 7 nitrogen and oxygen atoms in total. The maximum atomic E-state index is 13.6. The highest BCUT2D eigenvalue weighted by atomic mass is 19.4. The molecule has 0 saturated carbocycles. The highest BCUT2D eigenvalue weighted by Gasteiger charge is 2.34. The molecule has 3 aromatic rings. The number of likely N-dealkylation sites (N-methyl/N-ethyl adjacent to an activating group) is 1. The molecule has 1 amide bonds. The summed E-state index contributed by atoms with van der Waals surface area (Å²) in [6.45, 7) is 5.47. The highest BCUT2D eigenvalue weighted by molar-refractivity contribution is 5.92. The Morgan fingerprint density at radius 3 is 2.33 bits per heavy atom. The van der Waals surface area contributed by atoms with Gasteiger partial charge in [0.25, 0.3) is 5.91 Å². The normalized spacial score (nSPS) is 16.0. The van der Waals surface area contributed by atoms with Crippen molar-refractivity contribution in [2.45, 2.75) is 19.1 Å². The molecule has 2 heterocycles. The van der Waals surface area contributed by atoms with E-state index in [0.29, 0.717) is 6.54 Å². The predicted molar refractivity (Wildman–Crippen MR) is 130 cm³/mol. The summed E-state index contributed by atoms with van der Waals surface area (Å²) < 4.78 is 41.9. The summed E-state index contributed by atoms with van der Waals surface area (Å²) in [5, 5.41) is 6.99. The fraction of sp³-hybridized carbons (Fsp3) is 0.346. The van der Waals surface area contributed by atoms with Crippen molar-refractivity contribution in [3.63, 3.8) is 0 Å². The summed E-state index contributed by atoms with van der Waals surface area (Å²) in [6.07, 6.45) is -4.63. The average Bonchev–Trinajstić information content (AvgIpc) is 2.85. The van der Waals surface area contributed by atoms with Gasteiger partial charge in [0.05, 0.1) is 17.3 Å². The van der Waals surface area contributed by atoms with Crippen LogP contribution in [0, 0.1) is 6.92 Å². The number of nitrogens with zero attached hydrogens (tertiary/aromatic N) is 4. The first-order chi connectivity index (χ1) is 17.1. The largest absolute Gasteiger partial charge is 0.418 e. The second-order valence-corrected chi connectivity index (χ2v) is 8.97. The van der Waals surface area contributed by atoms with E-state index in [1.54, 1.807) is 0 Å². The Morgan fingerprint density at radius 1 is 1.03 bits per heavy atom. The average molecular weight is 500 g/mol. The van der Waals surface area contributed by atoms with Gasteiger partial charge in [0, 0.05) is 44.5 Å². The van der Waals surface area contributed by atoms with Crippen LogP contribution in [0.4, 0.5) is 13.2 Å². The Balaban J connectivity index is 1.66. The molecule has 1 aliphatic heterocycles. The Hall–Kier alpha value is -3.50. The second-order valence-electron chi connectivity index (χ2n) is 8.97. The van der Waals surface area contributed by atoms with E-state index in [1.165, 1.54) is 25.1 Å². The maximum Gasteiger partial charge on any atom is 0.418 e. The zero-order valence-electron chi connectivity index (χ0n) is 20.1. The third-order valence-electron chi connectivity index (χ3n) is 6.30. The van der Waals surface area contributed by atoms with Gasteiger partial charge >= 0.3 is 6.18 Å². The van der Waals surface area contributed by atoms with E-state index in [9.17, 15) is 22.8 Å². The van der Waals surface area contributed by atoms with Gasteiger partial charge in [-0.3, -0.25) is 14.5 Å². The molecule has 0 bridgehead atoms. The van der Waals surface area contributed by atoms with Crippen LogP contribution in [0.5, 0.6) is 0 Å². The van der Waals surface area contributed by atoms with Crippen LogP contribution in [0.15, 0.2) is 65.5 Å². The lowest BCUT2D eigenvalue weighted by molar-refractivity contribution is -0.137.